The zero-order valence-electron chi connectivity index (χ0n) is 10.4. The van der Waals surface area contributed by atoms with Gasteiger partial charge in [0.25, 0.3) is 0 Å². The molecule has 0 atom stereocenters. The van der Waals surface area contributed by atoms with E-state index in [2.05, 4.69) is 10.3 Å². The molecule has 0 bridgehead atoms. The first-order valence-electron chi connectivity index (χ1n) is 5.61. The number of nitrogens with one attached hydrogen (secondary N) is 1. The molecule has 0 radical (unpaired) electrons. The lowest BCUT2D eigenvalue weighted by atomic mass is 10.2. The molecule has 0 aromatic carbocycles. The van der Waals surface area contributed by atoms with E-state index < -0.39 is 6.03 Å². The van der Waals surface area contributed by atoms with Crippen LogP contribution in [-0.4, -0.2) is 31.7 Å². The number of urea groups is 1. The van der Waals surface area contributed by atoms with Crippen LogP contribution < -0.4 is 14.8 Å². The maximum Gasteiger partial charge on any atom is 0.347 e. The first-order valence-corrected chi connectivity index (χ1v) is 5.61. The van der Waals surface area contributed by atoms with E-state index in [4.69, 9.17) is 0 Å². The zero-order valence-corrected chi connectivity index (χ0v) is 10.4. The second-order valence-electron chi connectivity index (χ2n) is 4.33. The number of aromatic nitrogens is 1. The summed E-state index contributed by atoms with van der Waals surface area (Å²) in [5.41, 5.74) is 1.66. The van der Waals surface area contributed by atoms with Crippen LogP contribution in [0.5, 0.6) is 0 Å². The highest BCUT2D eigenvalue weighted by Gasteiger charge is 2.20. The number of amides is 3. The predicted molar refractivity (Wildman–Crippen MR) is 66.6 cm³/mol. The molecule has 0 saturated carbocycles. The van der Waals surface area contributed by atoms with Crippen LogP contribution in [0.4, 0.5) is 10.5 Å². The number of anilines is 1. The monoisotopic (exact) mass is 247 g/mol. The largest absolute Gasteiger partial charge is 0.377 e. The quantitative estimate of drug-likeness (QED) is 0.772. The summed E-state index contributed by atoms with van der Waals surface area (Å²) in [5.74, 6) is -0.296. The van der Waals surface area contributed by atoms with Crippen molar-refractivity contribution >= 4 is 23.3 Å². The van der Waals surface area contributed by atoms with Gasteiger partial charge in [0.2, 0.25) is 5.91 Å². The molecule has 0 spiro atoms. The number of carbonyl (C=O) groups excluding carboxylic acids is 2. The molecule has 0 aliphatic carbocycles. The molecule has 1 aliphatic rings. The summed E-state index contributed by atoms with van der Waals surface area (Å²) in [5, 5.41) is 2.14. The number of pyridine rings is 1. The maximum absolute atomic E-state index is 11.2. The standard InChI is InChI=1S/C12H14N4O2/c1-15(2)10-3-5-16(6-4-10)8-9-7-11(17)14-12(18)13-9/h3-6H,7-8H2,1-2H3/p+1. The summed E-state index contributed by atoms with van der Waals surface area (Å²) < 4.78 is 1.89. The van der Waals surface area contributed by atoms with Gasteiger partial charge in [-0.2, -0.15) is 9.56 Å². The highest BCUT2D eigenvalue weighted by atomic mass is 16.2. The topological polar surface area (TPSA) is 65.7 Å². The van der Waals surface area contributed by atoms with E-state index in [-0.39, 0.29) is 12.3 Å². The summed E-state index contributed by atoms with van der Waals surface area (Å²) >= 11 is 0. The molecule has 3 amide bonds. The van der Waals surface area contributed by atoms with E-state index in [0.29, 0.717) is 12.3 Å². The van der Waals surface area contributed by atoms with Crippen molar-refractivity contribution in [2.75, 3.05) is 19.0 Å². The third-order valence-corrected chi connectivity index (χ3v) is 2.63. The third-order valence-electron chi connectivity index (χ3n) is 2.63. The molecular formula is C12H15N4O2+. The molecule has 1 aromatic heterocycles. The van der Waals surface area contributed by atoms with Crippen molar-refractivity contribution in [3.8, 4) is 0 Å². The zero-order chi connectivity index (χ0) is 13.1. The summed E-state index contributed by atoms with van der Waals surface area (Å²) in [4.78, 5) is 28.1. The fourth-order valence-corrected chi connectivity index (χ4v) is 1.71. The van der Waals surface area contributed by atoms with Gasteiger partial charge < -0.3 is 4.90 Å². The van der Waals surface area contributed by atoms with Crippen molar-refractivity contribution in [2.24, 2.45) is 4.99 Å². The molecule has 94 valence electrons. The van der Waals surface area contributed by atoms with Crippen LogP contribution in [0.3, 0.4) is 0 Å². The van der Waals surface area contributed by atoms with Crippen molar-refractivity contribution in [3.05, 3.63) is 24.5 Å². The van der Waals surface area contributed by atoms with Gasteiger partial charge in [0.15, 0.2) is 18.9 Å². The van der Waals surface area contributed by atoms with E-state index in [1.54, 1.807) is 0 Å². The Balaban J connectivity index is 2.10. The Morgan fingerprint density at radius 2 is 2.00 bits per heavy atom. The van der Waals surface area contributed by atoms with Crippen molar-refractivity contribution in [3.63, 3.8) is 0 Å². The summed E-state index contributed by atoms with van der Waals surface area (Å²) in [6.45, 7) is 0.451. The highest BCUT2D eigenvalue weighted by Crippen LogP contribution is 2.06. The number of aliphatic imine (C=N–C) groups is 1. The fourth-order valence-electron chi connectivity index (χ4n) is 1.71. The lowest BCUT2D eigenvalue weighted by Gasteiger charge is -2.11. The van der Waals surface area contributed by atoms with Crippen LogP contribution >= 0.6 is 0 Å². The normalized spacial score (nSPS) is 15.1. The van der Waals surface area contributed by atoms with Crippen molar-refractivity contribution in [2.45, 2.75) is 13.0 Å². The Bertz CT molecular complexity index is 505. The molecule has 0 saturated heterocycles. The highest BCUT2D eigenvalue weighted by molar-refractivity contribution is 6.13. The molecule has 0 unspecified atom stereocenters. The van der Waals surface area contributed by atoms with Crippen molar-refractivity contribution in [1.29, 1.82) is 0 Å². The number of imide groups is 1. The SMILES string of the molecule is CN(C)c1cc[n+](CC2=NC(=O)NC(=O)C2)cc1. The van der Waals surface area contributed by atoms with Gasteiger partial charge in [-0.3, -0.25) is 10.1 Å². The number of hydrogen-bond donors (Lipinski definition) is 1. The van der Waals surface area contributed by atoms with Gasteiger partial charge in [-0.15, -0.1) is 0 Å². The second-order valence-corrected chi connectivity index (χ2v) is 4.33. The molecule has 0 fully saturated rings. The number of nitrogens with zero attached hydrogens (tertiary/aromatic N) is 3. The first kappa shape index (κ1) is 12.2. The van der Waals surface area contributed by atoms with Gasteiger partial charge in [0.05, 0.1) is 12.1 Å². The smallest absolute Gasteiger partial charge is 0.347 e. The molecule has 6 nitrogen and oxygen atoms in total. The van der Waals surface area contributed by atoms with Crippen LogP contribution in [0.1, 0.15) is 6.42 Å². The Hall–Kier alpha value is -2.24. The van der Waals surface area contributed by atoms with E-state index >= 15 is 0 Å². The van der Waals surface area contributed by atoms with Crippen LogP contribution in [0.2, 0.25) is 0 Å². The van der Waals surface area contributed by atoms with Gasteiger partial charge in [-0.1, -0.05) is 0 Å². The Morgan fingerprint density at radius 1 is 1.33 bits per heavy atom. The lowest BCUT2D eigenvalue weighted by Crippen LogP contribution is -2.43. The summed E-state index contributed by atoms with van der Waals surface area (Å²) in [6.07, 6.45) is 3.97. The number of rotatable bonds is 3. The molecule has 6 heteroatoms. The van der Waals surface area contributed by atoms with E-state index in [1.807, 2.05) is 48.1 Å². The van der Waals surface area contributed by atoms with Crippen LogP contribution in [0, 0.1) is 0 Å². The maximum atomic E-state index is 11.2. The predicted octanol–water partition coefficient (Wildman–Crippen LogP) is 0.121. The minimum absolute atomic E-state index is 0.175. The second kappa shape index (κ2) is 4.95. The molecule has 2 heterocycles. The van der Waals surface area contributed by atoms with Crippen molar-refractivity contribution in [1.82, 2.24) is 5.32 Å². The minimum Gasteiger partial charge on any atom is -0.377 e. The van der Waals surface area contributed by atoms with Crippen LogP contribution in [0.15, 0.2) is 29.5 Å². The third kappa shape index (κ3) is 2.91. The van der Waals surface area contributed by atoms with Crippen molar-refractivity contribution < 1.29 is 14.2 Å². The Kier molecular flexibility index (Phi) is 3.36. The van der Waals surface area contributed by atoms with Crippen LogP contribution in [0.25, 0.3) is 0 Å². The molecule has 1 N–H and O–H groups in total. The van der Waals surface area contributed by atoms with Gasteiger partial charge >= 0.3 is 6.03 Å². The van der Waals surface area contributed by atoms with Gasteiger partial charge in [0, 0.05) is 31.9 Å². The number of carbonyl (C=O) groups is 2. The van der Waals surface area contributed by atoms with E-state index in [9.17, 15) is 9.59 Å². The average Bonchev–Trinajstić information content (AvgIpc) is 2.28. The number of hydrogen-bond acceptors (Lipinski definition) is 3. The molecule has 2 rings (SSSR count). The fraction of sp³-hybridized carbons (Fsp3) is 0.333. The Labute approximate surface area is 105 Å². The molecule has 18 heavy (non-hydrogen) atoms. The molecule has 1 aromatic rings. The molecular weight excluding hydrogens is 232 g/mol. The van der Waals surface area contributed by atoms with E-state index in [0.717, 1.165) is 5.69 Å². The van der Waals surface area contributed by atoms with Crippen LogP contribution in [-0.2, 0) is 11.3 Å². The first-order chi connectivity index (χ1) is 8.54. The summed E-state index contributed by atoms with van der Waals surface area (Å²) in [6, 6.07) is 3.35. The van der Waals surface area contributed by atoms with E-state index in [1.165, 1.54) is 0 Å². The Morgan fingerprint density at radius 3 is 2.56 bits per heavy atom. The van der Waals surface area contributed by atoms with Gasteiger partial charge in [-0.05, 0) is 0 Å². The summed E-state index contributed by atoms with van der Waals surface area (Å²) in [7, 11) is 3.93. The van der Waals surface area contributed by atoms with Gasteiger partial charge in [-0.25, -0.2) is 4.79 Å². The average molecular weight is 247 g/mol. The lowest BCUT2D eigenvalue weighted by molar-refractivity contribution is -0.682. The minimum atomic E-state index is -0.577. The molecule has 1 aliphatic heterocycles. The van der Waals surface area contributed by atoms with Gasteiger partial charge in [0.1, 0.15) is 0 Å².